The Morgan fingerprint density at radius 3 is 2.43 bits per heavy atom. The molecular formula is C23H15N3O2. The molecule has 28 heavy (non-hydrogen) atoms. The monoisotopic (exact) mass is 365 g/mol. The molecule has 5 nitrogen and oxygen atoms in total. The quantitative estimate of drug-likeness (QED) is 0.268. The van der Waals surface area contributed by atoms with Gasteiger partial charge in [0.1, 0.15) is 0 Å². The first kappa shape index (κ1) is 17.3. The number of nitrogens with zero attached hydrogens (tertiary/aromatic N) is 3. The van der Waals surface area contributed by atoms with Gasteiger partial charge in [0.15, 0.2) is 0 Å². The lowest BCUT2D eigenvalue weighted by molar-refractivity contribution is -0.384. The first-order chi connectivity index (χ1) is 13.7. The largest absolute Gasteiger partial charge is 0.317 e. The van der Waals surface area contributed by atoms with Gasteiger partial charge in [-0.05, 0) is 52.7 Å². The van der Waals surface area contributed by atoms with Gasteiger partial charge in [0.25, 0.3) is 5.69 Å². The summed E-state index contributed by atoms with van der Waals surface area (Å²) >= 11 is 0. The van der Waals surface area contributed by atoms with Crippen LogP contribution in [-0.4, -0.2) is 9.49 Å². The summed E-state index contributed by atoms with van der Waals surface area (Å²) in [4.78, 5) is 10.4. The Balaban J connectivity index is 1.74. The molecule has 4 rings (SSSR count). The summed E-state index contributed by atoms with van der Waals surface area (Å²) in [6, 6.07) is 26.4. The van der Waals surface area contributed by atoms with E-state index in [9.17, 15) is 15.4 Å². The van der Waals surface area contributed by atoms with E-state index in [0.717, 1.165) is 27.7 Å². The molecule has 0 unspecified atom stereocenters. The Morgan fingerprint density at radius 1 is 0.964 bits per heavy atom. The second-order valence-electron chi connectivity index (χ2n) is 6.31. The fourth-order valence-electron chi connectivity index (χ4n) is 3.17. The predicted molar refractivity (Wildman–Crippen MR) is 110 cm³/mol. The van der Waals surface area contributed by atoms with Gasteiger partial charge < -0.3 is 4.57 Å². The summed E-state index contributed by atoms with van der Waals surface area (Å²) in [5, 5.41) is 22.8. The Hall–Kier alpha value is -4.17. The Kier molecular flexibility index (Phi) is 4.45. The van der Waals surface area contributed by atoms with Gasteiger partial charge in [0.05, 0.1) is 16.6 Å². The van der Waals surface area contributed by atoms with Crippen LogP contribution in [0.3, 0.4) is 0 Å². The Morgan fingerprint density at radius 2 is 1.71 bits per heavy atom. The van der Waals surface area contributed by atoms with E-state index in [2.05, 4.69) is 6.07 Å². The van der Waals surface area contributed by atoms with Gasteiger partial charge in [-0.25, -0.2) is 0 Å². The number of rotatable bonds is 4. The number of allylic oxidation sites excluding steroid dienone is 1. The average molecular weight is 365 g/mol. The first-order valence-corrected chi connectivity index (χ1v) is 8.69. The van der Waals surface area contributed by atoms with Crippen LogP contribution in [0.2, 0.25) is 0 Å². The molecule has 0 bridgehead atoms. The molecule has 0 radical (unpaired) electrons. The molecule has 0 N–H and O–H groups in total. The van der Waals surface area contributed by atoms with E-state index < -0.39 is 4.92 Å². The van der Waals surface area contributed by atoms with Crippen LogP contribution in [0.4, 0.5) is 5.69 Å². The van der Waals surface area contributed by atoms with Gasteiger partial charge >= 0.3 is 0 Å². The Bertz CT molecular complexity index is 1240. The van der Waals surface area contributed by atoms with Gasteiger partial charge in [0.2, 0.25) is 0 Å². The number of aromatic nitrogens is 1. The first-order valence-electron chi connectivity index (χ1n) is 8.69. The summed E-state index contributed by atoms with van der Waals surface area (Å²) in [6.07, 6.45) is 3.69. The van der Waals surface area contributed by atoms with Gasteiger partial charge in [0, 0.05) is 29.7 Å². The summed E-state index contributed by atoms with van der Waals surface area (Å²) in [5.74, 6) is 0. The molecule has 5 heteroatoms. The minimum Gasteiger partial charge on any atom is -0.317 e. The van der Waals surface area contributed by atoms with Crippen molar-refractivity contribution in [3.8, 4) is 11.8 Å². The molecule has 4 aromatic rings. The highest BCUT2D eigenvalue weighted by atomic mass is 16.6. The zero-order valence-corrected chi connectivity index (χ0v) is 14.8. The third-order valence-electron chi connectivity index (χ3n) is 4.59. The number of benzene rings is 3. The molecule has 0 amide bonds. The second-order valence-corrected chi connectivity index (χ2v) is 6.31. The lowest BCUT2D eigenvalue weighted by Crippen LogP contribution is -1.96. The number of nitro groups is 1. The third-order valence-corrected chi connectivity index (χ3v) is 4.59. The zero-order valence-electron chi connectivity index (χ0n) is 14.8. The van der Waals surface area contributed by atoms with E-state index in [4.69, 9.17) is 0 Å². The summed E-state index contributed by atoms with van der Waals surface area (Å²) < 4.78 is 1.89. The van der Waals surface area contributed by atoms with E-state index in [1.807, 2.05) is 71.4 Å². The van der Waals surface area contributed by atoms with Gasteiger partial charge in [-0.2, -0.15) is 5.26 Å². The molecule has 0 atom stereocenters. The maximum absolute atomic E-state index is 10.9. The maximum atomic E-state index is 10.9. The second kappa shape index (κ2) is 7.22. The summed E-state index contributed by atoms with van der Waals surface area (Å²) in [5.41, 5.74) is 3.04. The smallest absolute Gasteiger partial charge is 0.269 e. The topological polar surface area (TPSA) is 71.9 Å². The fraction of sp³-hybridized carbons (Fsp3) is 0. The van der Waals surface area contributed by atoms with E-state index >= 15 is 0 Å². The van der Waals surface area contributed by atoms with Crippen molar-refractivity contribution in [1.82, 2.24) is 4.57 Å². The molecule has 0 aliphatic carbocycles. The lowest BCUT2D eigenvalue weighted by Gasteiger charge is -2.08. The van der Waals surface area contributed by atoms with Gasteiger partial charge in [-0.1, -0.05) is 36.4 Å². The van der Waals surface area contributed by atoms with Gasteiger partial charge in [-0.15, -0.1) is 0 Å². The molecule has 0 spiro atoms. The number of nitro benzene ring substituents is 1. The molecule has 134 valence electrons. The molecule has 1 aromatic heterocycles. The van der Waals surface area contributed by atoms with Crippen LogP contribution in [0.25, 0.3) is 28.1 Å². The van der Waals surface area contributed by atoms with Crippen molar-refractivity contribution in [2.24, 2.45) is 0 Å². The van der Waals surface area contributed by atoms with Crippen molar-refractivity contribution in [3.05, 3.63) is 106 Å². The van der Waals surface area contributed by atoms with Crippen LogP contribution in [-0.2, 0) is 0 Å². The van der Waals surface area contributed by atoms with Crippen molar-refractivity contribution < 1.29 is 4.92 Å². The number of hydrogen-bond acceptors (Lipinski definition) is 3. The molecule has 1 heterocycles. The average Bonchev–Trinajstić information content (AvgIpc) is 3.20. The number of fused-ring (bicyclic) bond motifs is 1. The van der Waals surface area contributed by atoms with Crippen LogP contribution >= 0.6 is 0 Å². The molecule has 3 aromatic carbocycles. The molecule has 0 fully saturated rings. The number of hydrogen-bond donors (Lipinski definition) is 0. The SMILES string of the molecule is N#CC(=Cc1cccn1-c1ccc([N+](=O)[O-])cc1)c1ccc2ccccc2c1. The molecule has 0 saturated carbocycles. The van der Waals surface area contributed by atoms with Crippen molar-refractivity contribution >= 4 is 28.1 Å². The minimum atomic E-state index is -0.423. The van der Waals surface area contributed by atoms with Crippen LogP contribution in [0, 0.1) is 21.4 Å². The standard InChI is InChI=1S/C23H15N3O2/c24-16-20(19-8-7-17-4-1-2-5-18(17)14-19)15-23-6-3-13-25(23)21-9-11-22(12-10-21)26(27)28/h1-15H. The number of nitriles is 1. The molecular weight excluding hydrogens is 350 g/mol. The highest BCUT2D eigenvalue weighted by Gasteiger charge is 2.08. The summed E-state index contributed by atoms with van der Waals surface area (Å²) in [6.45, 7) is 0. The van der Waals surface area contributed by atoms with E-state index in [1.165, 1.54) is 12.1 Å². The van der Waals surface area contributed by atoms with E-state index in [1.54, 1.807) is 12.1 Å². The highest BCUT2D eigenvalue weighted by Crippen LogP contribution is 2.24. The van der Waals surface area contributed by atoms with Crippen LogP contribution in [0.15, 0.2) is 85.1 Å². The molecule has 0 saturated heterocycles. The Labute approximate surface area is 161 Å². The fourth-order valence-corrected chi connectivity index (χ4v) is 3.17. The van der Waals surface area contributed by atoms with Gasteiger partial charge in [-0.3, -0.25) is 10.1 Å². The summed E-state index contributed by atoms with van der Waals surface area (Å²) in [7, 11) is 0. The normalized spacial score (nSPS) is 11.3. The minimum absolute atomic E-state index is 0.0434. The van der Waals surface area contributed by atoms with Crippen molar-refractivity contribution in [2.45, 2.75) is 0 Å². The third kappa shape index (κ3) is 3.27. The number of non-ortho nitro benzene ring substituents is 1. The van der Waals surface area contributed by atoms with Crippen molar-refractivity contribution in [3.63, 3.8) is 0 Å². The van der Waals surface area contributed by atoms with Crippen LogP contribution < -0.4 is 0 Å². The van der Waals surface area contributed by atoms with Crippen molar-refractivity contribution in [1.29, 1.82) is 5.26 Å². The van der Waals surface area contributed by atoms with Crippen LogP contribution in [0.5, 0.6) is 0 Å². The maximum Gasteiger partial charge on any atom is 0.269 e. The van der Waals surface area contributed by atoms with E-state index in [-0.39, 0.29) is 5.69 Å². The zero-order chi connectivity index (χ0) is 19.5. The highest BCUT2D eigenvalue weighted by molar-refractivity contribution is 5.94. The molecule has 0 aliphatic heterocycles. The predicted octanol–water partition coefficient (Wildman–Crippen LogP) is 5.60. The lowest BCUT2D eigenvalue weighted by atomic mass is 10.0. The van der Waals surface area contributed by atoms with Crippen LogP contribution in [0.1, 0.15) is 11.3 Å². The van der Waals surface area contributed by atoms with Crippen molar-refractivity contribution in [2.75, 3.05) is 0 Å². The van der Waals surface area contributed by atoms with E-state index in [0.29, 0.717) is 5.57 Å². The molecule has 0 aliphatic rings.